The average molecular weight is 295 g/mol. The highest BCUT2D eigenvalue weighted by molar-refractivity contribution is 6.04. The molecule has 0 saturated carbocycles. The van der Waals surface area contributed by atoms with Crippen LogP contribution in [0.3, 0.4) is 0 Å². The third kappa shape index (κ3) is 2.17. The van der Waals surface area contributed by atoms with E-state index in [0.29, 0.717) is 21.8 Å². The molecule has 0 aliphatic rings. The fourth-order valence-corrected chi connectivity index (χ4v) is 2.64. The molecule has 2 aromatic carbocycles. The van der Waals surface area contributed by atoms with Crippen LogP contribution in [0.1, 0.15) is 36.7 Å². The Hall–Kier alpha value is -2.62. The van der Waals surface area contributed by atoms with Crippen LogP contribution in [0.5, 0.6) is 0 Å². The second-order valence-electron chi connectivity index (χ2n) is 6.50. The fourth-order valence-electron chi connectivity index (χ4n) is 2.64. The van der Waals surface area contributed by atoms with Gasteiger partial charge in [0, 0.05) is 16.3 Å². The Balaban J connectivity index is 2.45. The molecule has 2 N–H and O–H groups in total. The van der Waals surface area contributed by atoms with Crippen molar-refractivity contribution in [3.05, 3.63) is 57.7 Å². The van der Waals surface area contributed by atoms with Gasteiger partial charge in [0.2, 0.25) is 0 Å². The van der Waals surface area contributed by atoms with Gasteiger partial charge in [0.05, 0.1) is 11.1 Å². The first kappa shape index (κ1) is 14.3. The molecule has 0 bridgehead atoms. The lowest BCUT2D eigenvalue weighted by atomic mass is 9.86. The first-order valence-electron chi connectivity index (χ1n) is 7.11. The summed E-state index contributed by atoms with van der Waals surface area (Å²) in [7, 11) is 0. The molecule has 4 nitrogen and oxygen atoms in total. The Morgan fingerprint density at radius 2 is 1.82 bits per heavy atom. The van der Waals surface area contributed by atoms with Gasteiger partial charge in [-0.1, -0.05) is 32.9 Å². The monoisotopic (exact) mass is 295 g/mol. The molecule has 0 atom stereocenters. The number of aromatic nitrogens is 1. The van der Waals surface area contributed by atoms with E-state index in [1.54, 1.807) is 12.1 Å². The van der Waals surface area contributed by atoms with Crippen molar-refractivity contribution in [3.63, 3.8) is 0 Å². The van der Waals surface area contributed by atoms with Crippen molar-refractivity contribution in [2.45, 2.75) is 26.2 Å². The van der Waals surface area contributed by atoms with Gasteiger partial charge in [-0.15, -0.1) is 0 Å². The third-order valence-electron chi connectivity index (χ3n) is 3.93. The van der Waals surface area contributed by atoms with Crippen LogP contribution >= 0.6 is 0 Å². The minimum Gasteiger partial charge on any atom is -0.478 e. The van der Waals surface area contributed by atoms with E-state index in [-0.39, 0.29) is 16.4 Å². The van der Waals surface area contributed by atoms with Crippen LogP contribution in [0.15, 0.2) is 41.2 Å². The molecule has 0 unspecified atom stereocenters. The number of nitrogens with one attached hydrogen (secondary N) is 1. The predicted octanol–water partition coefficient (Wildman–Crippen LogP) is 3.68. The number of carboxylic acid groups (broad SMARTS) is 1. The number of aromatic amines is 1. The highest BCUT2D eigenvalue weighted by Gasteiger charge is 2.17. The van der Waals surface area contributed by atoms with E-state index < -0.39 is 5.97 Å². The average Bonchev–Trinajstić information content (AvgIpc) is 2.45. The number of carbonyl (C=O) groups is 1. The summed E-state index contributed by atoms with van der Waals surface area (Å²) >= 11 is 0. The van der Waals surface area contributed by atoms with Crippen LogP contribution in [0.4, 0.5) is 0 Å². The highest BCUT2D eigenvalue weighted by atomic mass is 16.4. The largest absolute Gasteiger partial charge is 0.478 e. The Bertz CT molecular complexity index is 962. The second-order valence-corrected chi connectivity index (χ2v) is 6.50. The number of hydrogen-bond donors (Lipinski definition) is 2. The number of H-pyrrole nitrogens is 1. The standard InChI is InChI=1S/C18H17NO3/c1-18(2,3)10-7-8-14-13(9-10)16(20)11-5-4-6-12(17(21)22)15(11)19-14/h4-9H,1-3H3,(H,19,20)(H,21,22). The third-order valence-corrected chi connectivity index (χ3v) is 3.93. The number of hydrogen-bond acceptors (Lipinski definition) is 2. The molecule has 0 aliphatic heterocycles. The maximum atomic E-state index is 12.7. The van der Waals surface area contributed by atoms with Crippen LogP contribution in [0, 0.1) is 0 Å². The molecule has 0 amide bonds. The molecule has 0 fully saturated rings. The van der Waals surface area contributed by atoms with Gasteiger partial charge in [0.15, 0.2) is 5.43 Å². The fraction of sp³-hybridized carbons (Fsp3) is 0.222. The highest BCUT2D eigenvalue weighted by Crippen LogP contribution is 2.26. The molecule has 0 radical (unpaired) electrons. The van der Waals surface area contributed by atoms with Crippen molar-refractivity contribution in [3.8, 4) is 0 Å². The molecule has 0 saturated heterocycles. The van der Waals surface area contributed by atoms with Crippen molar-refractivity contribution in [2.24, 2.45) is 0 Å². The maximum absolute atomic E-state index is 12.7. The molecule has 4 heteroatoms. The predicted molar refractivity (Wildman–Crippen MR) is 87.7 cm³/mol. The summed E-state index contributed by atoms with van der Waals surface area (Å²) in [6.07, 6.45) is 0. The number of pyridine rings is 1. The van der Waals surface area contributed by atoms with E-state index >= 15 is 0 Å². The SMILES string of the molecule is CC(C)(C)c1ccc2[nH]c3c(C(=O)O)cccc3c(=O)c2c1. The van der Waals surface area contributed by atoms with Crippen molar-refractivity contribution < 1.29 is 9.90 Å². The summed E-state index contributed by atoms with van der Waals surface area (Å²) in [4.78, 5) is 27.2. The normalized spacial score (nSPS) is 12.0. The second kappa shape index (κ2) is 4.70. The summed E-state index contributed by atoms with van der Waals surface area (Å²) in [5.41, 5.74) is 2.00. The molecule has 1 aromatic heterocycles. The minimum atomic E-state index is -1.05. The first-order chi connectivity index (χ1) is 10.3. The molecule has 0 spiro atoms. The molecule has 112 valence electrons. The Morgan fingerprint density at radius 3 is 2.45 bits per heavy atom. The summed E-state index contributed by atoms with van der Waals surface area (Å²) in [6.45, 7) is 6.27. The summed E-state index contributed by atoms with van der Waals surface area (Å²) in [6, 6.07) is 10.4. The molecular formula is C18H17NO3. The number of aromatic carboxylic acids is 1. The lowest BCUT2D eigenvalue weighted by molar-refractivity contribution is 0.0699. The van der Waals surface area contributed by atoms with Crippen LogP contribution in [0.25, 0.3) is 21.8 Å². The van der Waals surface area contributed by atoms with Gasteiger partial charge in [-0.25, -0.2) is 4.79 Å². The maximum Gasteiger partial charge on any atom is 0.337 e. The molecule has 1 heterocycles. The van der Waals surface area contributed by atoms with Crippen LogP contribution in [-0.2, 0) is 5.41 Å². The molecule has 22 heavy (non-hydrogen) atoms. The van der Waals surface area contributed by atoms with Gasteiger partial charge in [-0.3, -0.25) is 4.79 Å². The van der Waals surface area contributed by atoms with Gasteiger partial charge < -0.3 is 10.1 Å². The van der Waals surface area contributed by atoms with Crippen molar-refractivity contribution in [1.29, 1.82) is 0 Å². The van der Waals surface area contributed by atoms with Crippen molar-refractivity contribution in [1.82, 2.24) is 4.98 Å². The van der Waals surface area contributed by atoms with E-state index in [4.69, 9.17) is 0 Å². The number of rotatable bonds is 1. The zero-order valence-corrected chi connectivity index (χ0v) is 12.7. The van der Waals surface area contributed by atoms with Crippen molar-refractivity contribution in [2.75, 3.05) is 0 Å². The van der Waals surface area contributed by atoms with Crippen LogP contribution < -0.4 is 5.43 Å². The Labute approximate surface area is 127 Å². The Kier molecular flexibility index (Phi) is 3.06. The van der Waals surface area contributed by atoms with Gasteiger partial charge in [0.1, 0.15) is 0 Å². The summed E-state index contributed by atoms with van der Waals surface area (Å²) < 4.78 is 0. The molecular weight excluding hydrogens is 278 g/mol. The van der Waals surface area contributed by atoms with E-state index in [1.165, 1.54) is 6.07 Å². The number of benzene rings is 2. The number of carboxylic acids is 1. The van der Waals surface area contributed by atoms with E-state index in [2.05, 4.69) is 25.8 Å². The smallest absolute Gasteiger partial charge is 0.337 e. The Morgan fingerprint density at radius 1 is 1.09 bits per heavy atom. The number of fused-ring (bicyclic) bond motifs is 2. The van der Waals surface area contributed by atoms with Gasteiger partial charge in [-0.05, 0) is 35.2 Å². The molecule has 3 rings (SSSR count). The first-order valence-corrected chi connectivity index (χ1v) is 7.11. The van der Waals surface area contributed by atoms with Gasteiger partial charge in [0.25, 0.3) is 0 Å². The van der Waals surface area contributed by atoms with E-state index in [1.807, 2.05) is 18.2 Å². The topological polar surface area (TPSA) is 70.2 Å². The van der Waals surface area contributed by atoms with Crippen molar-refractivity contribution >= 4 is 27.8 Å². The minimum absolute atomic E-state index is 0.0570. The summed E-state index contributed by atoms with van der Waals surface area (Å²) in [5, 5.41) is 10.3. The lowest BCUT2D eigenvalue weighted by Crippen LogP contribution is -2.13. The van der Waals surface area contributed by atoms with Crippen LogP contribution in [-0.4, -0.2) is 16.1 Å². The van der Waals surface area contributed by atoms with E-state index in [0.717, 1.165) is 5.56 Å². The zero-order valence-electron chi connectivity index (χ0n) is 12.7. The van der Waals surface area contributed by atoms with Gasteiger partial charge >= 0.3 is 5.97 Å². The quantitative estimate of drug-likeness (QED) is 0.673. The van der Waals surface area contributed by atoms with Gasteiger partial charge in [-0.2, -0.15) is 0 Å². The van der Waals surface area contributed by atoms with Crippen LogP contribution in [0.2, 0.25) is 0 Å². The summed E-state index contributed by atoms with van der Waals surface area (Å²) in [5.74, 6) is -1.05. The molecule has 3 aromatic rings. The number of para-hydroxylation sites is 1. The zero-order chi connectivity index (χ0) is 16.1. The molecule has 0 aliphatic carbocycles. The lowest BCUT2D eigenvalue weighted by Gasteiger charge is -2.19. The van der Waals surface area contributed by atoms with E-state index in [9.17, 15) is 14.7 Å².